The number of hydrogen-bond acceptors (Lipinski definition) is 4. The van der Waals surface area contributed by atoms with Gasteiger partial charge in [-0.3, -0.25) is 4.79 Å². The Labute approximate surface area is 145 Å². The molecule has 3 rings (SSSR count). The highest BCUT2D eigenvalue weighted by Gasteiger charge is 2.23. The van der Waals surface area contributed by atoms with Crippen LogP contribution in [0.3, 0.4) is 0 Å². The zero-order valence-corrected chi connectivity index (χ0v) is 14.5. The molecule has 0 spiro atoms. The topological polar surface area (TPSA) is 46.5 Å². The highest BCUT2D eigenvalue weighted by molar-refractivity contribution is 9.10. The van der Waals surface area contributed by atoms with E-state index in [9.17, 15) is 14.3 Å². The van der Waals surface area contributed by atoms with Gasteiger partial charge in [0.05, 0.1) is 7.11 Å². The summed E-state index contributed by atoms with van der Waals surface area (Å²) in [6.07, 6.45) is 1.70. The summed E-state index contributed by atoms with van der Waals surface area (Å²) in [6.45, 7) is 0. The fourth-order valence-electron chi connectivity index (χ4n) is 2.33. The van der Waals surface area contributed by atoms with E-state index in [0.717, 1.165) is 4.90 Å². The number of fused-ring (bicyclic) bond motifs is 1. The van der Waals surface area contributed by atoms with Crippen LogP contribution in [0.1, 0.15) is 15.9 Å². The molecule has 0 bridgehead atoms. The van der Waals surface area contributed by atoms with E-state index >= 15 is 0 Å². The standard InChI is InChI=1S/C17H12BrFO3S/c1-22-15-7-13(18)9(5-14(15)20)4-10-8-23-16-3-2-11(19)6-12(16)17(10)21/h2-7,20H,8H2,1H3/b10-4+. The van der Waals surface area contributed by atoms with E-state index in [1.165, 1.54) is 37.1 Å². The van der Waals surface area contributed by atoms with Gasteiger partial charge in [-0.1, -0.05) is 15.9 Å². The third-order valence-corrected chi connectivity index (χ3v) is 5.30. The first-order valence-electron chi connectivity index (χ1n) is 6.73. The Morgan fingerprint density at radius 3 is 2.87 bits per heavy atom. The molecule has 0 saturated heterocycles. The average Bonchev–Trinajstić information content (AvgIpc) is 2.53. The van der Waals surface area contributed by atoms with Crippen molar-refractivity contribution in [3.05, 3.63) is 57.3 Å². The van der Waals surface area contributed by atoms with Crippen LogP contribution in [0.4, 0.5) is 4.39 Å². The number of ether oxygens (including phenoxy) is 1. The van der Waals surface area contributed by atoms with Gasteiger partial charge in [0, 0.05) is 26.3 Å². The zero-order valence-electron chi connectivity index (χ0n) is 12.1. The van der Waals surface area contributed by atoms with E-state index in [1.54, 1.807) is 18.2 Å². The first-order valence-corrected chi connectivity index (χ1v) is 8.51. The molecule has 1 aliphatic rings. The largest absolute Gasteiger partial charge is 0.504 e. The Morgan fingerprint density at radius 1 is 1.35 bits per heavy atom. The maximum atomic E-state index is 13.4. The number of hydrogen-bond donors (Lipinski definition) is 1. The molecule has 23 heavy (non-hydrogen) atoms. The van der Waals surface area contributed by atoms with Gasteiger partial charge < -0.3 is 9.84 Å². The lowest BCUT2D eigenvalue weighted by Gasteiger charge is -2.17. The van der Waals surface area contributed by atoms with Crippen LogP contribution < -0.4 is 4.74 Å². The maximum absolute atomic E-state index is 13.4. The molecular formula is C17H12BrFO3S. The van der Waals surface area contributed by atoms with Gasteiger partial charge in [0.1, 0.15) is 5.82 Å². The molecule has 0 atom stereocenters. The van der Waals surface area contributed by atoms with Gasteiger partial charge in [-0.2, -0.15) is 0 Å². The lowest BCUT2D eigenvalue weighted by atomic mass is 10.0. The van der Waals surface area contributed by atoms with Crippen molar-refractivity contribution < 1.29 is 19.0 Å². The number of rotatable bonds is 2. The number of phenolic OH excluding ortho intramolecular Hbond substituents is 1. The van der Waals surface area contributed by atoms with Crippen molar-refractivity contribution in [3.63, 3.8) is 0 Å². The molecular weight excluding hydrogens is 383 g/mol. The van der Waals surface area contributed by atoms with E-state index in [1.807, 2.05) is 0 Å². The van der Waals surface area contributed by atoms with Crippen LogP contribution in [0.5, 0.6) is 11.5 Å². The van der Waals surface area contributed by atoms with Crippen LogP contribution in [-0.2, 0) is 0 Å². The highest BCUT2D eigenvalue weighted by Crippen LogP contribution is 2.37. The van der Waals surface area contributed by atoms with Crippen LogP contribution in [0.25, 0.3) is 6.08 Å². The van der Waals surface area contributed by atoms with Crippen LogP contribution in [0.2, 0.25) is 0 Å². The maximum Gasteiger partial charge on any atom is 0.191 e. The van der Waals surface area contributed by atoms with E-state index in [2.05, 4.69) is 15.9 Å². The van der Waals surface area contributed by atoms with Crippen molar-refractivity contribution in [3.8, 4) is 11.5 Å². The number of aromatic hydroxyl groups is 1. The molecule has 0 fully saturated rings. The van der Waals surface area contributed by atoms with Gasteiger partial charge in [-0.05, 0) is 42.0 Å². The lowest BCUT2D eigenvalue weighted by Crippen LogP contribution is -2.12. The van der Waals surface area contributed by atoms with Crippen molar-refractivity contribution in [2.24, 2.45) is 0 Å². The monoisotopic (exact) mass is 394 g/mol. The third-order valence-electron chi connectivity index (χ3n) is 3.49. The van der Waals surface area contributed by atoms with Gasteiger partial charge in [0.15, 0.2) is 17.3 Å². The van der Waals surface area contributed by atoms with Crippen LogP contribution in [0.15, 0.2) is 45.3 Å². The quantitative estimate of drug-likeness (QED) is 0.751. The summed E-state index contributed by atoms with van der Waals surface area (Å²) in [6, 6.07) is 7.40. The molecule has 0 aliphatic carbocycles. The Kier molecular flexibility index (Phi) is 4.46. The molecule has 3 nitrogen and oxygen atoms in total. The molecule has 1 N–H and O–H groups in total. The Morgan fingerprint density at radius 2 is 2.13 bits per heavy atom. The lowest BCUT2D eigenvalue weighted by molar-refractivity contribution is 0.103. The summed E-state index contributed by atoms with van der Waals surface area (Å²) < 4.78 is 19.1. The summed E-state index contributed by atoms with van der Waals surface area (Å²) in [7, 11) is 1.46. The number of thioether (sulfide) groups is 1. The summed E-state index contributed by atoms with van der Waals surface area (Å²) >= 11 is 4.89. The van der Waals surface area contributed by atoms with E-state index in [-0.39, 0.29) is 11.5 Å². The highest BCUT2D eigenvalue weighted by atomic mass is 79.9. The molecule has 118 valence electrons. The zero-order chi connectivity index (χ0) is 16.6. The van der Waals surface area contributed by atoms with Crippen LogP contribution >= 0.6 is 27.7 Å². The number of carbonyl (C=O) groups excluding carboxylic acids is 1. The SMILES string of the molecule is COc1cc(Br)c(/C=C2\CSc3ccc(F)cc3C2=O)cc1O. The van der Waals surface area contributed by atoms with Gasteiger partial charge in [-0.25, -0.2) is 4.39 Å². The van der Waals surface area contributed by atoms with E-state index in [4.69, 9.17) is 4.74 Å². The Bertz CT molecular complexity index is 833. The van der Waals surface area contributed by atoms with Gasteiger partial charge in [0.25, 0.3) is 0 Å². The molecule has 2 aromatic rings. The van der Waals surface area contributed by atoms with Crippen molar-refractivity contribution in [1.82, 2.24) is 0 Å². The second-order valence-corrected chi connectivity index (χ2v) is 6.84. The summed E-state index contributed by atoms with van der Waals surface area (Å²) in [5, 5.41) is 9.89. The number of carbonyl (C=O) groups is 1. The molecule has 0 aromatic heterocycles. The first kappa shape index (κ1) is 16.1. The summed E-state index contributed by atoms with van der Waals surface area (Å²) in [4.78, 5) is 13.3. The Balaban J connectivity index is 2.01. The number of phenols is 1. The Hall–Kier alpha value is -1.79. The van der Waals surface area contributed by atoms with Gasteiger partial charge >= 0.3 is 0 Å². The fraction of sp³-hybridized carbons (Fsp3) is 0.118. The van der Waals surface area contributed by atoms with Crippen LogP contribution in [-0.4, -0.2) is 23.8 Å². The van der Waals surface area contributed by atoms with Crippen molar-refractivity contribution in [2.75, 3.05) is 12.9 Å². The number of methoxy groups -OCH3 is 1. The second-order valence-electron chi connectivity index (χ2n) is 4.97. The van der Waals surface area contributed by atoms with Crippen LogP contribution in [0, 0.1) is 5.82 Å². The predicted octanol–water partition coefficient (Wildman–Crippen LogP) is 4.67. The van der Waals surface area contributed by atoms with Gasteiger partial charge in [-0.15, -0.1) is 11.8 Å². The summed E-state index contributed by atoms with van der Waals surface area (Å²) in [5.74, 6) is 0.208. The average molecular weight is 395 g/mol. The normalized spacial score (nSPS) is 15.6. The molecule has 2 aromatic carbocycles. The fourth-order valence-corrected chi connectivity index (χ4v) is 3.76. The molecule has 0 radical (unpaired) electrons. The minimum atomic E-state index is -0.428. The first-order chi connectivity index (χ1) is 11.0. The minimum absolute atomic E-state index is 0.00935. The smallest absolute Gasteiger partial charge is 0.191 e. The minimum Gasteiger partial charge on any atom is -0.504 e. The molecule has 0 saturated carbocycles. The third kappa shape index (κ3) is 3.14. The van der Waals surface area contributed by atoms with Crippen molar-refractivity contribution in [1.29, 1.82) is 0 Å². The predicted molar refractivity (Wildman–Crippen MR) is 91.8 cm³/mol. The molecule has 1 heterocycles. The van der Waals surface area contributed by atoms with Crippen molar-refractivity contribution >= 4 is 39.6 Å². The van der Waals surface area contributed by atoms with E-state index in [0.29, 0.717) is 32.7 Å². The summed E-state index contributed by atoms with van der Waals surface area (Å²) in [5.41, 5.74) is 1.59. The molecule has 6 heteroatoms. The second kappa shape index (κ2) is 6.37. The number of halogens is 2. The molecule has 1 aliphatic heterocycles. The molecule has 0 unspecified atom stereocenters. The number of ketones is 1. The number of Topliss-reactive ketones (excluding diaryl/α,β-unsaturated/α-hetero) is 1. The van der Waals surface area contributed by atoms with Crippen molar-refractivity contribution in [2.45, 2.75) is 4.90 Å². The number of benzene rings is 2. The van der Waals surface area contributed by atoms with Gasteiger partial charge in [0.2, 0.25) is 0 Å². The molecule has 0 amide bonds. The van der Waals surface area contributed by atoms with E-state index < -0.39 is 5.82 Å².